The number of carbonyl (C=O) groups excluding carboxylic acids is 1. The van der Waals surface area contributed by atoms with Crippen molar-refractivity contribution in [3.8, 4) is 11.5 Å². The average Bonchev–Trinajstić information content (AvgIpc) is 2.65. The first-order valence-electron chi connectivity index (χ1n) is 4.25. The highest BCUT2D eigenvalue weighted by Crippen LogP contribution is 2.21. The zero-order valence-corrected chi connectivity index (χ0v) is 8.71. The summed E-state index contributed by atoms with van der Waals surface area (Å²) in [7, 11) is 0. The molecule has 0 saturated heterocycles. The van der Waals surface area contributed by atoms with Crippen molar-refractivity contribution >= 4 is 17.3 Å². The standard InChI is InChI=1S/C10H7NO3S/c1-6(12)7-4-2-3-5-8(7)9-11-15-10(13)14-9/h2-5H,1H3. The van der Waals surface area contributed by atoms with E-state index in [2.05, 4.69) is 4.37 Å². The van der Waals surface area contributed by atoms with E-state index in [1.165, 1.54) is 6.92 Å². The molecule has 1 heterocycles. The third kappa shape index (κ3) is 1.87. The Hall–Kier alpha value is -1.75. The van der Waals surface area contributed by atoms with E-state index in [0.29, 0.717) is 11.1 Å². The Morgan fingerprint density at radius 2 is 2.13 bits per heavy atom. The van der Waals surface area contributed by atoms with E-state index in [4.69, 9.17) is 4.42 Å². The number of carbonyl (C=O) groups is 1. The number of ketones is 1. The number of aromatic nitrogens is 1. The minimum absolute atomic E-state index is 0.0822. The van der Waals surface area contributed by atoms with Crippen molar-refractivity contribution in [3.05, 3.63) is 39.6 Å². The predicted molar refractivity (Wildman–Crippen MR) is 56.1 cm³/mol. The average molecular weight is 221 g/mol. The van der Waals surface area contributed by atoms with Crippen LogP contribution in [0.25, 0.3) is 11.5 Å². The van der Waals surface area contributed by atoms with E-state index in [0.717, 1.165) is 11.5 Å². The van der Waals surface area contributed by atoms with Gasteiger partial charge in [0.15, 0.2) is 5.78 Å². The van der Waals surface area contributed by atoms with Gasteiger partial charge in [-0.15, -0.1) is 4.37 Å². The lowest BCUT2D eigenvalue weighted by Gasteiger charge is -2.00. The zero-order chi connectivity index (χ0) is 10.8. The second kappa shape index (κ2) is 3.78. The van der Waals surface area contributed by atoms with E-state index in [1.807, 2.05) is 0 Å². The normalized spacial score (nSPS) is 10.2. The fourth-order valence-electron chi connectivity index (χ4n) is 1.28. The number of hydrogen-bond acceptors (Lipinski definition) is 5. The molecule has 0 bridgehead atoms. The molecule has 0 radical (unpaired) electrons. The number of hydrogen-bond donors (Lipinski definition) is 0. The van der Waals surface area contributed by atoms with Gasteiger partial charge in [-0.25, -0.2) is 4.79 Å². The van der Waals surface area contributed by atoms with E-state index >= 15 is 0 Å². The van der Waals surface area contributed by atoms with Gasteiger partial charge in [-0.05, 0) is 13.0 Å². The Balaban J connectivity index is 2.62. The SMILES string of the molecule is CC(=O)c1ccccc1-c1nsc(=O)o1. The second-order valence-electron chi connectivity index (χ2n) is 2.94. The topological polar surface area (TPSA) is 60.2 Å². The largest absolute Gasteiger partial charge is 0.414 e. The zero-order valence-electron chi connectivity index (χ0n) is 7.89. The number of Topliss-reactive ketones (excluding diaryl/α,β-unsaturated/α-hetero) is 1. The van der Waals surface area contributed by atoms with Gasteiger partial charge >= 0.3 is 4.94 Å². The molecule has 0 spiro atoms. The molecule has 5 heteroatoms. The molecule has 1 aromatic carbocycles. The lowest BCUT2D eigenvalue weighted by Crippen LogP contribution is -1.95. The maximum Gasteiger partial charge on any atom is 0.414 e. The molecule has 0 aliphatic rings. The quantitative estimate of drug-likeness (QED) is 0.727. The molecule has 0 saturated carbocycles. The van der Waals surface area contributed by atoms with E-state index in [9.17, 15) is 9.59 Å². The number of benzene rings is 1. The minimum atomic E-state index is -0.469. The van der Waals surface area contributed by atoms with Crippen LogP contribution in [-0.2, 0) is 0 Å². The summed E-state index contributed by atoms with van der Waals surface area (Å²) in [4.78, 5) is 21.7. The highest BCUT2D eigenvalue weighted by Gasteiger charge is 2.12. The van der Waals surface area contributed by atoms with Crippen LogP contribution in [0.4, 0.5) is 0 Å². The van der Waals surface area contributed by atoms with Crippen LogP contribution in [0, 0.1) is 0 Å². The lowest BCUT2D eigenvalue weighted by molar-refractivity contribution is 0.101. The van der Waals surface area contributed by atoms with Crippen LogP contribution in [0.2, 0.25) is 0 Å². The minimum Gasteiger partial charge on any atom is -0.394 e. The Morgan fingerprint density at radius 1 is 1.40 bits per heavy atom. The second-order valence-corrected chi connectivity index (χ2v) is 3.64. The molecule has 15 heavy (non-hydrogen) atoms. The molecule has 76 valence electrons. The van der Waals surface area contributed by atoms with Gasteiger partial charge in [-0.1, -0.05) is 18.2 Å². The van der Waals surface area contributed by atoms with Crippen LogP contribution in [0.3, 0.4) is 0 Å². The molecule has 2 aromatic rings. The van der Waals surface area contributed by atoms with Crippen molar-refractivity contribution in [1.82, 2.24) is 4.37 Å². The summed E-state index contributed by atoms with van der Waals surface area (Å²) in [6.07, 6.45) is 0. The molecule has 0 atom stereocenters. The molecule has 2 rings (SSSR count). The first kappa shape index (κ1) is 9.79. The van der Waals surface area contributed by atoms with Crippen LogP contribution >= 0.6 is 11.5 Å². The Morgan fingerprint density at radius 3 is 2.73 bits per heavy atom. The summed E-state index contributed by atoms with van der Waals surface area (Å²) < 4.78 is 8.70. The van der Waals surface area contributed by atoms with Crippen LogP contribution in [-0.4, -0.2) is 10.2 Å². The molecule has 0 N–H and O–H groups in total. The maximum atomic E-state index is 11.3. The third-order valence-corrected chi connectivity index (χ3v) is 2.41. The van der Waals surface area contributed by atoms with Gasteiger partial charge in [0.2, 0.25) is 5.89 Å². The molecule has 0 aliphatic heterocycles. The van der Waals surface area contributed by atoms with Gasteiger partial charge in [-0.2, -0.15) is 0 Å². The van der Waals surface area contributed by atoms with Crippen molar-refractivity contribution in [3.63, 3.8) is 0 Å². The molecule has 0 unspecified atom stereocenters. The summed E-state index contributed by atoms with van der Waals surface area (Å²) in [6.45, 7) is 1.46. The first-order valence-corrected chi connectivity index (χ1v) is 5.03. The van der Waals surface area contributed by atoms with Crippen LogP contribution in [0.15, 0.2) is 33.5 Å². The van der Waals surface area contributed by atoms with Crippen molar-refractivity contribution in [2.75, 3.05) is 0 Å². The van der Waals surface area contributed by atoms with Gasteiger partial charge in [0.05, 0.1) is 11.5 Å². The molecule has 4 nitrogen and oxygen atoms in total. The summed E-state index contributed by atoms with van der Waals surface area (Å²) in [5.41, 5.74) is 1.06. The summed E-state index contributed by atoms with van der Waals surface area (Å²) >= 11 is 0.736. The Labute approximate surface area is 89.3 Å². The van der Waals surface area contributed by atoms with Gasteiger partial charge in [0.25, 0.3) is 0 Å². The maximum absolute atomic E-state index is 11.3. The van der Waals surface area contributed by atoms with Gasteiger partial charge in [0.1, 0.15) is 0 Å². The van der Waals surface area contributed by atoms with Gasteiger partial charge < -0.3 is 4.42 Å². The van der Waals surface area contributed by atoms with Crippen molar-refractivity contribution in [2.45, 2.75) is 6.92 Å². The lowest BCUT2D eigenvalue weighted by atomic mass is 10.0. The number of rotatable bonds is 2. The van der Waals surface area contributed by atoms with Crippen molar-refractivity contribution in [2.24, 2.45) is 0 Å². The van der Waals surface area contributed by atoms with Crippen LogP contribution in [0.5, 0.6) is 0 Å². The van der Waals surface area contributed by atoms with E-state index in [1.54, 1.807) is 24.3 Å². The molecule has 0 amide bonds. The van der Waals surface area contributed by atoms with Gasteiger partial charge in [-0.3, -0.25) is 4.79 Å². The number of nitrogens with zero attached hydrogens (tertiary/aromatic N) is 1. The Bertz CT molecular complexity index is 556. The molecular formula is C10H7NO3S. The first-order chi connectivity index (χ1) is 7.18. The van der Waals surface area contributed by atoms with Crippen LogP contribution in [0.1, 0.15) is 17.3 Å². The Kier molecular flexibility index (Phi) is 2.47. The van der Waals surface area contributed by atoms with Crippen LogP contribution < -0.4 is 4.94 Å². The molecular weight excluding hydrogens is 214 g/mol. The molecule has 0 fully saturated rings. The highest BCUT2D eigenvalue weighted by molar-refractivity contribution is 7.02. The molecule has 0 aliphatic carbocycles. The van der Waals surface area contributed by atoms with E-state index in [-0.39, 0.29) is 11.7 Å². The third-order valence-electron chi connectivity index (χ3n) is 1.92. The fraction of sp³-hybridized carbons (Fsp3) is 0.100. The fourth-order valence-corrected chi connectivity index (χ4v) is 1.68. The van der Waals surface area contributed by atoms with E-state index < -0.39 is 4.94 Å². The van der Waals surface area contributed by atoms with Crippen molar-refractivity contribution < 1.29 is 9.21 Å². The summed E-state index contributed by atoms with van der Waals surface area (Å²) in [5, 5.41) is 0. The summed E-state index contributed by atoms with van der Waals surface area (Å²) in [6, 6.07) is 6.90. The monoisotopic (exact) mass is 221 g/mol. The summed E-state index contributed by atoms with van der Waals surface area (Å²) in [5.74, 6) is 0.122. The van der Waals surface area contributed by atoms with Crippen molar-refractivity contribution in [1.29, 1.82) is 0 Å². The molecule has 1 aromatic heterocycles. The smallest absolute Gasteiger partial charge is 0.394 e. The predicted octanol–water partition coefficient (Wildman–Crippen LogP) is 1.97. The van der Waals surface area contributed by atoms with Gasteiger partial charge in [0, 0.05) is 11.1 Å². The highest BCUT2D eigenvalue weighted by atomic mass is 32.1.